The molecule has 1 N–H and O–H groups in total. The van der Waals surface area contributed by atoms with Crippen molar-refractivity contribution in [2.75, 3.05) is 25.2 Å². The summed E-state index contributed by atoms with van der Waals surface area (Å²) < 4.78 is 4.73. The Labute approximate surface area is 165 Å². The van der Waals surface area contributed by atoms with Crippen molar-refractivity contribution >= 4 is 17.7 Å². The summed E-state index contributed by atoms with van der Waals surface area (Å²) in [7, 11) is 1.35. The summed E-state index contributed by atoms with van der Waals surface area (Å²) in [4.78, 5) is 28.4. The first kappa shape index (κ1) is 19.9. The number of methoxy groups -OCH3 is 1. The van der Waals surface area contributed by atoms with Crippen LogP contribution in [0.5, 0.6) is 0 Å². The monoisotopic (exact) mass is 382 g/mol. The predicted molar refractivity (Wildman–Crippen MR) is 107 cm³/mol. The summed E-state index contributed by atoms with van der Waals surface area (Å²) in [6.07, 6.45) is 1.71. The van der Waals surface area contributed by atoms with Gasteiger partial charge in [0.25, 0.3) is 0 Å². The fourth-order valence-electron chi connectivity index (χ4n) is 3.47. The SMILES string of the molecule is COC(=O)c1ccc(CN(C(=O)N2CCC[C@@H]2CO)c2ccc(C)cc2)cc1. The van der Waals surface area contributed by atoms with Crippen LogP contribution in [0.15, 0.2) is 48.5 Å². The van der Waals surface area contributed by atoms with E-state index in [9.17, 15) is 14.7 Å². The molecule has 0 aliphatic carbocycles. The van der Waals surface area contributed by atoms with Crippen LogP contribution in [0, 0.1) is 6.92 Å². The lowest BCUT2D eigenvalue weighted by Crippen LogP contribution is -2.46. The van der Waals surface area contributed by atoms with E-state index in [1.54, 1.807) is 21.9 Å². The predicted octanol–water partition coefficient (Wildman–Crippen LogP) is 3.36. The molecule has 2 amide bonds. The molecule has 6 heteroatoms. The molecular formula is C22H26N2O4. The van der Waals surface area contributed by atoms with Crippen LogP contribution in [0.2, 0.25) is 0 Å². The lowest BCUT2D eigenvalue weighted by Gasteiger charge is -2.31. The van der Waals surface area contributed by atoms with Crippen molar-refractivity contribution in [1.82, 2.24) is 4.90 Å². The van der Waals surface area contributed by atoms with Crippen molar-refractivity contribution in [2.45, 2.75) is 32.4 Å². The van der Waals surface area contributed by atoms with Crippen LogP contribution in [0.25, 0.3) is 0 Å². The van der Waals surface area contributed by atoms with Gasteiger partial charge in [0.2, 0.25) is 0 Å². The molecule has 0 radical (unpaired) electrons. The number of carbonyl (C=O) groups excluding carboxylic acids is 2. The van der Waals surface area contributed by atoms with E-state index in [1.807, 2.05) is 43.3 Å². The van der Waals surface area contributed by atoms with E-state index < -0.39 is 0 Å². The van der Waals surface area contributed by atoms with Crippen molar-refractivity contribution in [3.63, 3.8) is 0 Å². The molecule has 1 atom stereocenters. The van der Waals surface area contributed by atoms with Gasteiger partial charge in [0.05, 0.1) is 31.9 Å². The van der Waals surface area contributed by atoms with Gasteiger partial charge in [-0.25, -0.2) is 9.59 Å². The van der Waals surface area contributed by atoms with Crippen LogP contribution in [-0.4, -0.2) is 48.3 Å². The van der Waals surface area contributed by atoms with Crippen LogP contribution in [-0.2, 0) is 11.3 Å². The molecule has 3 rings (SSSR count). The molecular weight excluding hydrogens is 356 g/mol. The van der Waals surface area contributed by atoms with Crippen molar-refractivity contribution in [3.8, 4) is 0 Å². The number of hydrogen-bond donors (Lipinski definition) is 1. The molecule has 0 unspecified atom stereocenters. The molecule has 0 saturated carbocycles. The molecule has 148 valence electrons. The Bertz CT molecular complexity index is 817. The van der Waals surface area contributed by atoms with Crippen LogP contribution in [0.1, 0.15) is 34.3 Å². The summed E-state index contributed by atoms with van der Waals surface area (Å²) in [5, 5.41) is 9.61. The average Bonchev–Trinajstić information content (AvgIpc) is 3.21. The minimum atomic E-state index is -0.388. The van der Waals surface area contributed by atoms with Crippen molar-refractivity contribution in [2.24, 2.45) is 0 Å². The largest absolute Gasteiger partial charge is 0.465 e. The van der Waals surface area contributed by atoms with E-state index in [1.165, 1.54) is 7.11 Å². The van der Waals surface area contributed by atoms with Crippen LogP contribution in [0.3, 0.4) is 0 Å². The number of hydrogen-bond acceptors (Lipinski definition) is 4. The highest BCUT2D eigenvalue weighted by atomic mass is 16.5. The molecule has 1 saturated heterocycles. The summed E-state index contributed by atoms with van der Waals surface area (Å²) in [6.45, 7) is 3.00. The van der Waals surface area contributed by atoms with Gasteiger partial charge in [0, 0.05) is 12.2 Å². The zero-order chi connectivity index (χ0) is 20.1. The number of aliphatic hydroxyl groups is 1. The third-order valence-corrected chi connectivity index (χ3v) is 5.13. The quantitative estimate of drug-likeness (QED) is 0.805. The molecule has 1 aliphatic heterocycles. The van der Waals surface area contributed by atoms with E-state index in [0.29, 0.717) is 18.7 Å². The van der Waals surface area contributed by atoms with E-state index in [-0.39, 0.29) is 24.6 Å². The maximum atomic E-state index is 13.3. The highest BCUT2D eigenvalue weighted by Gasteiger charge is 2.32. The van der Waals surface area contributed by atoms with Gasteiger partial charge in [-0.1, -0.05) is 29.8 Å². The Kier molecular flexibility index (Phi) is 6.31. The van der Waals surface area contributed by atoms with Gasteiger partial charge in [-0.2, -0.15) is 0 Å². The standard InChI is InChI=1S/C22H26N2O4/c1-16-5-11-19(12-6-16)24(22(27)23-13-3-4-20(23)15-25)14-17-7-9-18(10-8-17)21(26)28-2/h5-12,20,25H,3-4,13-15H2,1-2H3/t20-/m1/s1. The van der Waals surface area contributed by atoms with Gasteiger partial charge >= 0.3 is 12.0 Å². The number of esters is 1. The molecule has 1 aliphatic rings. The molecule has 28 heavy (non-hydrogen) atoms. The Hall–Kier alpha value is -2.86. The van der Waals surface area contributed by atoms with E-state index in [4.69, 9.17) is 4.74 Å². The first-order chi connectivity index (χ1) is 13.5. The fourth-order valence-corrected chi connectivity index (χ4v) is 3.47. The van der Waals surface area contributed by atoms with Crippen LogP contribution >= 0.6 is 0 Å². The zero-order valence-electron chi connectivity index (χ0n) is 16.3. The van der Waals surface area contributed by atoms with Gasteiger partial charge < -0.3 is 14.7 Å². The molecule has 0 bridgehead atoms. The summed E-state index contributed by atoms with van der Waals surface area (Å²) in [6, 6.07) is 14.6. The maximum Gasteiger partial charge on any atom is 0.337 e. The Morgan fingerprint density at radius 2 is 1.82 bits per heavy atom. The molecule has 1 fully saturated rings. The molecule has 1 heterocycles. The number of nitrogens with zero attached hydrogens (tertiary/aromatic N) is 2. The van der Waals surface area contributed by atoms with Crippen LogP contribution < -0.4 is 4.90 Å². The smallest absolute Gasteiger partial charge is 0.337 e. The first-order valence-corrected chi connectivity index (χ1v) is 9.46. The maximum absolute atomic E-state index is 13.3. The molecule has 0 aromatic heterocycles. The second-order valence-electron chi connectivity index (χ2n) is 7.06. The number of likely N-dealkylation sites (tertiary alicyclic amines) is 1. The topological polar surface area (TPSA) is 70.1 Å². The number of aryl methyl sites for hydroxylation is 1. The van der Waals surface area contributed by atoms with Crippen LogP contribution in [0.4, 0.5) is 10.5 Å². The Morgan fingerprint density at radius 1 is 1.14 bits per heavy atom. The summed E-state index contributed by atoms with van der Waals surface area (Å²) in [5.74, 6) is -0.388. The minimum Gasteiger partial charge on any atom is -0.465 e. The van der Waals surface area contributed by atoms with E-state index >= 15 is 0 Å². The Balaban J connectivity index is 1.87. The third kappa shape index (κ3) is 4.34. The molecule has 0 spiro atoms. The van der Waals surface area contributed by atoms with Gasteiger partial charge in [-0.15, -0.1) is 0 Å². The number of amides is 2. The number of ether oxygens (including phenoxy) is 1. The minimum absolute atomic E-state index is 0.0265. The van der Waals surface area contributed by atoms with E-state index in [2.05, 4.69) is 0 Å². The number of rotatable bonds is 5. The second-order valence-corrected chi connectivity index (χ2v) is 7.06. The van der Waals surface area contributed by atoms with Crippen molar-refractivity contribution in [3.05, 3.63) is 65.2 Å². The van der Waals surface area contributed by atoms with Gasteiger partial charge in [0.15, 0.2) is 0 Å². The lowest BCUT2D eigenvalue weighted by molar-refractivity contribution is 0.0600. The molecule has 2 aromatic carbocycles. The van der Waals surface area contributed by atoms with Crippen molar-refractivity contribution in [1.29, 1.82) is 0 Å². The Morgan fingerprint density at radius 3 is 2.43 bits per heavy atom. The van der Waals surface area contributed by atoms with Gasteiger partial charge in [-0.05, 0) is 49.6 Å². The van der Waals surface area contributed by atoms with Crippen molar-refractivity contribution < 1.29 is 19.4 Å². The number of benzene rings is 2. The molecule has 6 nitrogen and oxygen atoms in total. The number of aliphatic hydroxyl groups excluding tert-OH is 1. The highest BCUT2D eigenvalue weighted by molar-refractivity contribution is 5.92. The first-order valence-electron chi connectivity index (χ1n) is 9.46. The summed E-state index contributed by atoms with van der Waals surface area (Å²) in [5.41, 5.74) is 3.30. The zero-order valence-corrected chi connectivity index (χ0v) is 16.3. The summed E-state index contributed by atoms with van der Waals surface area (Å²) >= 11 is 0. The molecule has 2 aromatic rings. The highest BCUT2D eigenvalue weighted by Crippen LogP contribution is 2.25. The van der Waals surface area contributed by atoms with E-state index in [0.717, 1.165) is 29.7 Å². The number of carbonyl (C=O) groups is 2. The normalized spacial score (nSPS) is 16.1. The van der Waals surface area contributed by atoms with Gasteiger partial charge in [-0.3, -0.25) is 4.90 Å². The third-order valence-electron chi connectivity index (χ3n) is 5.13. The average molecular weight is 382 g/mol. The van der Waals surface area contributed by atoms with Gasteiger partial charge in [0.1, 0.15) is 0 Å². The number of urea groups is 1. The lowest BCUT2D eigenvalue weighted by atomic mass is 10.1. The fraction of sp³-hybridized carbons (Fsp3) is 0.364. The number of anilines is 1. The second kappa shape index (κ2) is 8.89.